The molecule has 3 rings (SSSR count). The number of para-hydroxylation sites is 1. The largest absolute Gasteiger partial charge is 0.399 e. The van der Waals surface area contributed by atoms with Crippen molar-refractivity contribution in [2.45, 2.75) is 25.8 Å². The Bertz CT molecular complexity index is 574. The number of piperidine rings is 1. The molecular formula is C16H21N3O. The number of H-pyrrole nitrogens is 1. The minimum absolute atomic E-state index is 0.409. The molecule has 1 N–H and O–H groups in total. The van der Waals surface area contributed by atoms with Crippen molar-refractivity contribution in [1.82, 2.24) is 9.88 Å². The third-order valence-electron chi connectivity index (χ3n) is 4.14. The van der Waals surface area contributed by atoms with Crippen LogP contribution in [0.3, 0.4) is 0 Å². The van der Waals surface area contributed by atoms with Crippen molar-refractivity contribution in [2.24, 2.45) is 5.16 Å². The van der Waals surface area contributed by atoms with Crippen molar-refractivity contribution in [1.29, 1.82) is 0 Å². The number of fused-ring (bicyclic) bond motifs is 1. The first-order valence-electron chi connectivity index (χ1n) is 7.18. The summed E-state index contributed by atoms with van der Waals surface area (Å²) in [6, 6.07) is 11.1. The van der Waals surface area contributed by atoms with E-state index in [4.69, 9.17) is 4.84 Å². The van der Waals surface area contributed by atoms with Crippen LogP contribution >= 0.6 is 0 Å². The lowest BCUT2D eigenvalue weighted by Crippen LogP contribution is -2.36. The summed E-state index contributed by atoms with van der Waals surface area (Å²) < 4.78 is 0. The Morgan fingerprint density at radius 1 is 1.25 bits per heavy atom. The zero-order valence-electron chi connectivity index (χ0n) is 12.1. The van der Waals surface area contributed by atoms with Crippen molar-refractivity contribution in [3.05, 3.63) is 36.0 Å². The maximum atomic E-state index is 4.86. The average Bonchev–Trinajstić information content (AvgIpc) is 2.91. The summed E-state index contributed by atoms with van der Waals surface area (Å²) in [6.45, 7) is 4.35. The van der Waals surface area contributed by atoms with Crippen LogP contribution in [0.25, 0.3) is 10.9 Å². The summed E-state index contributed by atoms with van der Waals surface area (Å²) in [4.78, 5) is 10.9. The first kappa shape index (κ1) is 13.2. The molecule has 2 aromatic rings. The molecule has 4 nitrogen and oxygen atoms in total. The van der Waals surface area contributed by atoms with E-state index in [9.17, 15) is 0 Å². The summed E-state index contributed by atoms with van der Waals surface area (Å²) in [5, 5.41) is 5.35. The summed E-state index contributed by atoms with van der Waals surface area (Å²) in [5.41, 5.74) is 3.68. The summed E-state index contributed by atoms with van der Waals surface area (Å²) in [5.74, 6) is 0. The molecule has 4 heteroatoms. The second-order valence-corrected chi connectivity index (χ2v) is 5.36. The number of benzene rings is 1. The molecule has 0 amide bonds. The van der Waals surface area contributed by atoms with Crippen LogP contribution in [-0.4, -0.2) is 35.8 Å². The molecule has 1 aromatic carbocycles. The Labute approximate surface area is 119 Å². The highest BCUT2D eigenvalue weighted by atomic mass is 16.6. The highest BCUT2D eigenvalue weighted by Crippen LogP contribution is 2.26. The number of hydrogen-bond donors (Lipinski definition) is 1. The molecule has 1 aromatic heterocycles. The topological polar surface area (TPSA) is 40.6 Å². The van der Waals surface area contributed by atoms with E-state index in [0.29, 0.717) is 6.04 Å². The maximum Gasteiger partial charge on any atom is 0.106 e. The highest BCUT2D eigenvalue weighted by molar-refractivity contribution is 5.85. The van der Waals surface area contributed by atoms with Gasteiger partial charge in [-0.1, -0.05) is 23.4 Å². The zero-order valence-corrected chi connectivity index (χ0v) is 12.1. The van der Waals surface area contributed by atoms with Crippen LogP contribution in [0.15, 0.2) is 35.5 Å². The molecule has 20 heavy (non-hydrogen) atoms. The van der Waals surface area contributed by atoms with Gasteiger partial charge in [0.1, 0.15) is 7.11 Å². The molecule has 0 aliphatic carbocycles. The lowest BCUT2D eigenvalue weighted by Gasteiger charge is -2.32. The van der Waals surface area contributed by atoms with Gasteiger partial charge in [0.25, 0.3) is 0 Å². The fourth-order valence-electron chi connectivity index (χ4n) is 2.91. The Morgan fingerprint density at radius 3 is 2.70 bits per heavy atom. The molecule has 2 heterocycles. The number of oxime groups is 1. The fourth-order valence-corrected chi connectivity index (χ4v) is 2.91. The highest BCUT2D eigenvalue weighted by Gasteiger charge is 2.22. The normalized spacial score (nSPS) is 18.2. The van der Waals surface area contributed by atoms with Crippen LogP contribution in [0.4, 0.5) is 0 Å². The van der Waals surface area contributed by atoms with Gasteiger partial charge in [-0.3, -0.25) is 4.90 Å². The molecule has 106 valence electrons. The number of aromatic nitrogens is 1. The van der Waals surface area contributed by atoms with Gasteiger partial charge in [-0.2, -0.15) is 0 Å². The zero-order chi connectivity index (χ0) is 13.9. The fraction of sp³-hybridized carbons (Fsp3) is 0.438. The van der Waals surface area contributed by atoms with Crippen molar-refractivity contribution in [3.8, 4) is 0 Å². The van der Waals surface area contributed by atoms with Crippen LogP contribution in [-0.2, 0) is 4.84 Å². The smallest absolute Gasteiger partial charge is 0.106 e. The summed E-state index contributed by atoms with van der Waals surface area (Å²) in [7, 11) is 1.62. The molecule has 1 atom stereocenters. The second-order valence-electron chi connectivity index (χ2n) is 5.36. The monoisotopic (exact) mass is 271 g/mol. The minimum Gasteiger partial charge on any atom is -0.399 e. The van der Waals surface area contributed by atoms with E-state index >= 15 is 0 Å². The van der Waals surface area contributed by atoms with Crippen LogP contribution in [0.5, 0.6) is 0 Å². The number of nitrogens with one attached hydrogen (secondary N) is 1. The van der Waals surface area contributed by atoms with E-state index in [-0.39, 0.29) is 0 Å². The van der Waals surface area contributed by atoms with Gasteiger partial charge in [-0.15, -0.1) is 0 Å². The van der Waals surface area contributed by atoms with E-state index in [1.165, 1.54) is 22.3 Å². The molecule has 1 aliphatic heterocycles. The van der Waals surface area contributed by atoms with Crippen molar-refractivity contribution >= 4 is 16.6 Å². The number of likely N-dealkylation sites (tertiary alicyclic amines) is 1. The van der Waals surface area contributed by atoms with Crippen molar-refractivity contribution < 1.29 is 4.84 Å². The standard InChI is InChI=1S/C16H21N3O/c1-12(19-9-7-14(8-10-19)18-20-2)16-11-13-5-3-4-6-15(13)17-16/h3-6,11-12,17H,7-10H2,1-2H3. The van der Waals surface area contributed by atoms with Crippen LogP contribution in [0.1, 0.15) is 31.5 Å². The number of hydrogen-bond acceptors (Lipinski definition) is 3. The molecule has 1 fully saturated rings. The first-order valence-corrected chi connectivity index (χ1v) is 7.18. The Kier molecular flexibility index (Phi) is 3.74. The van der Waals surface area contributed by atoms with Crippen LogP contribution < -0.4 is 0 Å². The molecule has 0 saturated carbocycles. The van der Waals surface area contributed by atoms with Gasteiger partial charge in [0.15, 0.2) is 0 Å². The number of nitrogens with zero attached hydrogens (tertiary/aromatic N) is 2. The van der Waals surface area contributed by atoms with Gasteiger partial charge in [-0.25, -0.2) is 0 Å². The predicted octanol–water partition coefficient (Wildman–Crippen LogP) is 3.33. The third-order valence-corrected chi connectivity index (χ3v) is 4.14. The number of rotatable bonds is 3. The lowest BCUT2D eigenvalue weighted by atomic mass is 10.1. The molecule has 0 spiro atoms. The van der Waals surface area contributed by atoms with Gasteiger partial charge in [-0.05, 0) is 24.4 Å². The van der Waals surface area contributed by atoms with Crippen molar-refractivity contribution in [2.75, 3.05) is 20.2 Å². The minimum atomic E-state index is 0.409. The Morgan fingerprint density at radius 2 is 2.00 bits per heavy atom. The van der Waals surface area contributed by atoms with Crippen molar-refractivity contribution in [3.63, 3.8) is 0 Å². The quantitative estimate of drug-likeness (QED) is 0.870. The van der Waals surface area contributed by atoms with Gasteiger partial charge < -0.3 is 9.82 Å². The van der Waals surface area contributed by atoms with Crippen LogP contribution in [0.2, 0.25) is 0 Å². The van der Waals surface area contributed by atoms with E-state index in [0.717, 1.165) is 25.9 Å². The average molecular weight is 271 g/mol. The molecule has 0 radical (unpaired) electrons. The van der Waals surface area contributed by atoms with E-state index in [1.807, 2.05) is 0 Å². The van der Waals surface area contributed by atoms with Crippen LogP contribution in [0, 0.1) is 0 Å². The summed E-state index contributed by atoms with van der Waals surface area (Å²) in [6.07, 6.45) is 2.00. The predicted molar refractivity (Wildman–Crippen MR) is 82.0 cm³/mol. The maximum absolute atomic E-state index is 4.86. The Balaban J connectivity index is 1.73. The van der Waals surface area contributed by atoms with Gasteiger partial charge >= 0.3 is 0 Å². The molecule has 1 unspecified atom stereocenters. The summed E-state index contributed by atoms with van der Waals surface area (Å²) >= 11 is 0. The molecule has 1 aliphatic rings. The van der Waals surface area contributed by atoms with E-state index < -0.39 is 0 Å². The van der Waals surface area contributed by atoms with E-state index in [2.05, 4.69) is 52.3 Å². The van der Waals surface area contributed by atoms with E-state index in [1.54, 1.807) is 7.11 Å². The van der Waals surface area contributed by atoms with Gasteiger partial charge in [0.2, 0.25) is 0 Å². The Hall–Kier alpha value is -1.81. The third kappa shape index (κ3) is 2.56. The van der Waals surface area contributed by atoms with Gasteiger partial charge in [0.05, 0.1) is 5.71 Å². The second kappa shape index (κ2) is 5.67. The molecule has 1 saturated heterocycles. The number of aromatic amines is 1. The lowest BCUT2D eigenvalue weighted by molar-refractivity contribution is 0.189. The first-order chi connectivity index (χ1) is 9.78. The SMILES string of the molecule is CON=C1CCN(C(C)c2cc3ccccc3[nH]2)CC1. The van der Waals surface area contributed by atoms with Gasteiger partial charge in [0, 0.05) is 43.2 Å². The molecular weight excluding hydrogens is 250 g/mol. The molecule has 0 bridgehead atoms.